The number of rotatable bonds is 4. The van der Waals surface area contributed by atoms with Gasteiger partial charge in [-0.05, 0) is 67.8 Å². The van der Waals surface area contributed by atoms with E-state index < -0.39 is 0 Å². The number of hydrogen-bond donors (Lipinski definition) is 1. The molecular formula is C17H26N2. The van der Waals surface area contributed by atoms with Crippen LogP contribution in [0.5, 0.6) is 0 Å². The number of hydrogen-bond acceptors (Lipinski definition) is 2. The highest BCUT2D eigenvalue weighted by atomic mass is 15.2. The minimum absolute atomic E-state index is 0.516. The van der Waals surface area contributed by atoms with Gasteiger partial charge < -0.3 is 5.73 Å². The molecule has 1 aromatic carbocycles. The lowest BCUT2D eigenvalue weighted by Crippen LogP contribution is -2.42. The maximum atomic E-state index is 6.06. The Balaban J connectivity index is 1.79. The van der Waals surface area contributed by atoms with Crippen molar-refractivity contribution >= 4 is 0 Å². The van der Waals surface area contributed by atoms with Crippen LogP contribution in [0, 0.1) is 0 Å². The first-order chi connectivity index (χ1) is 9.29. The summed E-state index contributed by atoms with van der Waals surface area (Å²) in [7, 11) is 0. The summed E-state index contributed by atoms with van der Waals surface area (Å²) in [6, 6.07) is 7.66. The predicted octanol–water partition coefficient (Wildman–Crippen LogP) is 2.70. The van der Waals surface area contributed by atoms with E-state index in [9.17, 15) is 0 Å². The van der Waals surface area contributed by atoms with Gasteiger partial charge in [0.1, 0.15) is 0 Å². The molecule has 2 N–H and O–H groups in total. The molecule has 0 saturated carbocycles. The molecule has 1 aliphatic heterocycles. The van der Waals surface area contributed by atoms with Gasteiger partial charge in [-0.3, -0.25) is 4.90 Å². The van der Waals surface area contributed by atoms with E-state index in [1.165, 1.54) is 50.8 Å². The van der Waals surface area contributed by atoms with Gasteiger partial charge >= 0.3 is 0 Å². The minimum atomic E-state index is 0.516. The van der Waals surface area contributed by atoms with E-state index in [0.29, 0.717) is 12.0 Å². The standard InChI is InChI=1S/C17H26N2/c1-13(17(12-18)19-9-2-3-10-19)15-8-7-14-5-4-6-16(14)11-15/h7-8,11,13,17H,2-6,9-10,12,18H2,1H3. The summed E-state index contributed by atoms with van der Waals surface area (Å²) in [5.74, 6) is 0.550. The van der Waals surface area contributed by atoms with Crippen LogP contribution in [0.2, 0.25) is 0 Å². The van der Waals surface area contributed by atoms with Crippen molar-refractivity contribution in [2.75, 3.05) is 19.6 Å². The molecule has 1 saturated heterocycles. The molecule has 1 aromatic rings. The van der Waals surface area contributed by atoms with Crippen molar-refractivity contribution in [2.24, 2.45) is 5.73 Å². The number of benzene rings is 1. The van der Waals surface area contributed by atoms with Crippen molar-refractivity contribution in [3.8, 4) is 0 Å². The Morgan fingerprint density at radius 1 is 1.11 bits per heavy atom. The summed E-state index contributed by atoms with van der Waals surface area (Å²) in [6.07, 6.45) is 6.56. The summed E-state index contributed by atoms with van der Waals surface area (Å²) < 4.78 is 0. The lowest BCUT2D eigenvalue weighted by molar-refractivity contribution is 0.221. The first-order valence-electron chi connectivity index (χ1n) is 7.85. The zero-order chi connectivity index (χ0) is 13.2. The Labute approximate surface area is 117 Å². The van der Waals surface area contributed by atoms with Crippen LogP contribution in [-0.4, -0.2) is 30.6 Å². The molecule has 1 heterocycles. The van der Waals surface area contributed by atoms with E-state index >= 15 is 0 Å². The van der Waals surface area contributed by atoms with Crippen LogP contribution in [0.1, 0.15) is 48.8 Å². The second-order valence-corrected chi connectivity index (χ2v) is 6.22. The summed E-state index contributed by atoms with van der Waals surface area (Å²) >= 11 is 0. The van der Waals surface area contributed by atoms with Crippen molar-refractivity contribution in [2.45, 2.75) is 51.0 Å². The fourth-order valence-corrected chi connectivity index (χ4v) is 3.84. The molecule has 0 spiro atoms. The number of nitrogens with two attached hydrogens (primary N) is 1. The Morgan fingerprint density at radius 3 is 2.58 bits per heavy atom. The van der Waals surface area contributed by atoms with Crippen LogP contribution < -0.4 is 5.73 Å². The summed E-state index contributed by atoms with van der Waals surface area (Å²) in [5.41, 5.74) is 10.7. The second-order valence-electron chi connectivity index (χ2n) is 6.22. The minimum Gasteiger partial charge on any atom is -0.329 e. The molecule has 2 atom stereocenters. The van der Waals surface area contributed by atoms with Gasteiger partial charge in [0.15, 0.2) is 0 Å². The fourth-order valence-electron chi connectivity index (χ4n) is 3.84. The third kappa shape index (κ3) is 2.56. The average Bonchev–Trinajstić information content (AvgIpc) is 3.09. The Kier molecular flexibility index (Phi) is 3.90. The quantitative estimate of drug-likeness (QED) is 0.899. The van der Waals surface area contributed by atoms with Crippen molar-refractivity contribution in [1.29, 1.82) is 0 Å². The summed E-state index contributed by atoms with van der Waals surface area (Å²) in [6.45, 7) is 5.60. The van der Waals surface area contributed by atoms with Crippen molar-refractivity contribution in [1.82, 2.24) is 4.90 Å². The maximum Gasteiger partial charge on any atom is 0.0284 e. The third-order valence-corrected chi connectivity index (χ3v) is 5.08. The zero-order valence-corrected chi connectivity index (χ0v) is 12.1. The predicted molar refractivity (Wildman–Crippen MR) is 80.5 cm³/mol. The molecular weight excluding hydrogens is 232 g/mol. The van der Waals surface area contributed by atoms with Gasteiger partial charge in [-0.2, -0.15) is 0 Å². The maximum absolute atomic E-state index is 6.06. The summed E-state index contributed by atoms with van der Waals surface area (Å²) in [4.78, 5) is 2.60. The van der Waals surface area contributed by atoms with Crippen molar-refractivity contribution < 1.29 is 0 Å². The highest BCUT2D eigenvalue weighted by Crippen LogP contribution is 2.30. The number of likely N-dealkylation sites (tertiary alicyclic amines) is 1. The molecule has 2 nitrogen and oxygen atoms in total. The van der Waals surface area contributed by atoms with E-state index in [1.54, 1.807) is 11.1 Å². The fraction of sp³-hybridized carbons (Fsp3) is 0.647. The molecule has 3 rings (SSSR count). The van der Waals surface area contributed by atoms with Crippen LogP contribution in [0.25, 0.3) is 0 Å². The highest BCUT2D eigenvalue weighted by molar-refractivity contribution is 5.37. The van der Waals surface area contributed by atoms with E-state index in [0.717, 1.165) is 6.54 Å². The molecule has 2 unspecified atom stereocenters. The molecule has 104 valence electrons. The SMILES string of the molecule is CC(c1ccc2c(c1)CCC2)C(CN)N1CCCC1. The number of fused-ring (bicyclic) bond motifs is 1. The van der Waals surface area contributed by atoms with E-state index in [1.807, 2.05) is 0 Å². The van der Waals surface area contributed by atoms with Gasteiger partial charge in [-0.1, -0.05) is 25.1 Å². The average molecular weight is 258 g/mol. The van der Waals surface area contributed by atoms with Crippen LogP contribution in [0.3, 0.4) is 0 Å². The van der Waals surface area contributed by atoms with Gasteiger partial charge in [0.05, 0.1) is 0 Å². The molecule has 2 aliphatic rings. The van der Waals surface area contributed by atoms with E-state index in [2.05, 4.69) is 30.0 Å². The third-order valence-electron chi connectivity index (χ3n) is 5.08. The first kappa shape index (κ1) is 13.1. The molecule has 1 aliphatic carbocycles. The Hall–Kier alpha value is -0.860. The molecule has 0 radical (unpaired) electrons. The largest absolute Gasteiger partial charge is 0.329 e. The molecule has 19 heavy (non-hydrogen) atoms. The Bertz CT molecular complexity index is 435. The first-order valence-corrected chi connectivity index (χ1v) is 7.85. The highest BCUT2D eigenvalue weighted by Gasteiger charge is 2.27. The van der Waals surface area contributed by atoms with Crippen LogP contribution in [-0.2, 0) is 12.8 Å². The van der Waals surface area contributed by atoms with Crippen LogP contribution >= 0.6 is 0 Å². The summed E-state index contributed by atoms with van der Waals surface area (Å²) in [5, 5.41) is 0. The van der Waals surface area contributed by atoms with Crippen molar-refractivity contribution in [3.05, 3.63) is 34.9 Å². The Morgan fingerprint density at radius 2 is 1.84 bits per heavy atom. The van der Waals surface area contributed by atoms with Gasteiger partial charge in [0, 0.05) is 12.6 Å². The molecule has 2 heteroatoms. The monoisotopic (exact) mass is 258 g/mol. The topological polar surface area (TPSA) is 29.3 Å². The number of aryl methyl sites for hydroxylation is 2. The molecule has 0 bridgehead atoms. The molecule has 1 fully saturated rings. The lowest BCUT2D eigenvalue weighted by atomic mass is 9.90. The number of nitrogens with zero attached hydrogens (tertiary/aromatic N) is 1. The van der Waals surface area contributed by atoms with E-state index in [4.69, 9.17) is 5.73 Å². The van der Waals surface area contributed by atoms with Gasteiger partial charge in [-0.15, -0.1) is 0 Å². The molecule has 0 amide bonds. The van der Waals surface area contributed by atoms with Gasteiger partial charge in [0.25, 0.3) is 0 Å². The normalized spacial score (nSPS) is 22.4. The van der Waals surface area contributed by atoms with Gasteiger partial charge in [0.2, 0.25) is 0 Å². The van der Waals surface area contributed by atoms with E-state index in [-0.39, 0.29) is 0 Å². The van der Waals surface area contributed by atoms with Crippen LogP contribution in [0.4, 0.5) is 0 Å². The van der Waals surface area contributed by atoms with Crippen molar-refractivity contribution in [3.63, 3.8) is 0 Å². The lowest BCUT2D eigenvalue weighted by Gasteiger charge is -2.32. The van der Waals surface area contributed by atoms with Gasteiger partial charge in [-0.25, -0.2) is 0 Å². The second kappa shape index (κ2) is 5.64. The zero-order valence-electron chi connectivity index (χ0n) is 12.1. The smallest absolute Gasteiger partial charge is 0.0284 e. The van der Waals surface area contributed by atoms with Crippen LogP contribution in [0.15, 0.2) is 18.2 Å². The molecule has 0 aromatic heterocycles.